The molecule has 2 rings (SSSR count). The largest absolute Gasteiger partial charge is 0.338 e. The Balaban J connectivity index is 1.66. The highest BCUT2D eigenvalue weighted by Gasteiger charge is 2.28. The van der Waals surface area contributed by atoms with Gasteiger partial charge in [0.1, 0.15) is 0 Å². The van der Waals surface area contributed by atoms with Crippen LogP contribution >= 0.6 is 0 Å². The molecule has 0 aromatic heterocycles. The Kier molecular flexibility index (Phi) is 2.94. The van der Waals surface area contributed by atoms with Gasteiger partial charge < -0.3 is 10.2 Å². The van der Waals surface area contributed by atoms with Crippen LogP contribution in [0.25, 0.3) is 0 Å². The van der Waals surface area contributed by atoms with Crippen molar-refractivity contribution in [1.82, 2.24) is 10.2 Å². The van der Waals surface area contributed by atoms with Gasteiger partial charge in [0.05, 0.1) is 0 Å². The Labute approximate surface area is 85.8 Å². The molecule has 1 aliphatic carbocycles. The number of urea groups is 1. The third kappa shape index (κ3) is 2.40. The van der Waals surface area contributed by atoms with Gasteiger partial charge in [0.25, 0.3) is 0 Å². The highest BCUT2D eigenvalue weighted by Crippen LogP contribution is 2.36. The molecule has 1 saturated heterocycles. The summed E-state index contributed by atoms with van der Waals surface area (Å²) in [6, 6.07) is 0.148. The number of nitrogens with one attached hydrogen (secondary N) is 1. The minimum absolute atomic E-state index is 0.148. The summed E-state index contributed by atoms with van der Waals surface area (Å²) in [7, 11) is 0. The van der Waals surface area contributed by atoms with Gasteiger partial charge >= 0.3 is 6.03 Å². The molecule has 80 valence electrons. The predicted octanol–water partition coefficient (Wildman–Crippen LogP) is 1.84. The second kappa shape index (κ2) is 4.20. The molecular formula is C11H20N2O. The van der Waals surface area contributed by atoms with Crippen molar-refractivity contribution in [2.24, 2.45) is 11.8 Å². The van der Waals surface area contributed by atoms with Gasteiger partial charge in [-0.25, -0.2) is 4.79 Å². The molecule has 1 saturated carbocycles. The van der Waals surface area contributed by atoms with Crippen LogP contribution in [-0.2, 0) is 0 Å². The highest BCUT2D eigenvalue weighted by molar-refractivity contribution is 5.74. The Morgan fingerprint density at radius 3 is 2.64 bits per heavy atom. The SMILES string of the molecule is CC(CNC(=O)N1CCCC1)C1CC1. The molecule has 2 aliphatic rings. The zero-order valence-electron chi connectivity index (χ0n) is 8.96. The van der Waals surface area contributed by atoms with Crippen LogP contribution in [0.15, 0.2) is 0 Å². The van der Waals surface area contributed by atoms with Crippen molar-refractivity contribution >= 4 is 6.03 Å². The first-order valence-corrected chi connectivity index (χ1v) is 5.80. The molecule has 0 aromatic rings. The number of amides is 2. The average molecular weight is 196 g/mol. The standard InChI is InChI=1S/C11H20N2O/c1-9(10-4-5-10)8-12-11(14)13-6-2-3-7-13/h9-10H,2-8H2,1H3,(H,12,14). The maximum Gasteiger partial charge on any atom is 0.317 e. The molecule has 1 N–H and O–H groups in total. The normalized spacial score (nSPS) is 23.6. The van der Waals surface area contributed by atoms with Gasteiger partial charge in [-0.05, 0) is 37.5 Å². The lowest BCUT2D eigenvalue weighted by Gasteiger charge is -2.18. The summed E-state index contributed by atoms with van der Waals surface area (Å²) in [4.78, 5) is 13.5. The van der Waals surface area contributed by atoms with Gasteiger partial charge in [-0.15, -0.1) is 0 Å². The van der Waals surface area contributed by atoms with E-state index in [2.05, 4.69) is 12.2 Å². The van der Waals surface area contributed by atoms with Crippen molar-refractivity contribution in [3.05, 3.63) is 0 Å². The van der Waals surface area contributed by atoms with E-state index in [0.29, 0.717) is 5.92 Å². The van der Waals surface area contributed by atoms with Crippen molar-refractivity contribution < 1.29 is 4.79 Å². The smallest absolute Gasteiger partial charge is 0.317 e. The molecular weight excluding hydrogens is 176 g/mol. The highest BCUT2D eigenvalue weighted by atomic mass is 16.2. The van der Waals surface area contributed by atoms with E-state index in [1.165, 1.54) is 25.7 Å². The predicted molar refractivity (Wildman–Crippen MR) is 56.1 cm³/mol. The Bertz CT molecular complexity index is 207. The van der Waals surface area contributed by atoms with Crippen molar-refractivity contribution in [2.45, 2.75) is 32.6 Å². The van der Waals surface area contributed by atoms with E-state index < -0.39 is 0 Å². The lowest BCUT2D eigenvalue weighted by atomic mass is 10.1. The van der Waals surface area contributed by atoms with Crippen LogP contribution < -0.4 is 5.32 Å². The van der Waals surface area contributed by atoms with Crippen LogP contribution in [-0.4, -0.2) is 30.6 Å². The maximum absolute atomic E-state index is 11.6. The van der Waals surface area contributed by atoms with Crippen LogP contribution in [0.4, 0.5) is 4.79 Å². The Hall–Kier alpha value is -0.730. The molecule has 1 atom stereocenters. The summed E-state index contributed by atoms with van der Waals surface area (Å²) in [5.41, 5.74) is 0. The maximum atomic E-state index is 11.6. The van der Waals surface area contributed by atoms with Crippen LogP contribution in [0, 0.1) is 11.8 Å². The van der Waals surface area contributed by atoms with Gasteiger partial charge in [-0.1, -0.05) is 6.92 Å². The average Bonchev–Trinajstić information content (AvgIpc) is 2.90. The topological polar surface area (TPSA) is 32.3 Å². The Morgan fingerprint density at radius 2 is 2.07 bits per heavy atom. The van der Waals surface area contributed by atoms with Gasteiger partial charge in [0.2, 0.25) is 0 Å². The zero-order valence-corrected chi connectivity index (χ0v) is 8.96. The molecule has 0 spiro atoms. The zero-order chi connectivity index (χ0) is 9.97. The van der Waals surface area contributed by atoms with E-state index in [4.69, 9.17) is 0 Å². The first-order chi connectivity index (χ1) is 6.77. The fourth-order valence-electron chi connectivity index (χ4n) is 2.11. The van der Waals surface area contributed by atoms with Gasteiger partial charge in [-0.2, -0.15) is 0 Å². The number of likely N-dealkylation sites (tertiary alicyclic amines) is 1. The molecule has 1 aliphatic heterocycles. The number of nitrogens with zero attached hydrogens (tertiary/aromatic N) is 1. The molecule has 0 radical (unpaired) electrons. The van der Waals surface area contributed by atoms with Crippen LogP contribution in [0.2, 0.25) is 0 Å². The van der Waals surface area contributed by atoms with E-state index in [0.717, 1.165) is 25.6 Å². The molecule has 1 heterocycles. The number of carbonyl (C=O) groups is 1. The van der Waals surface area contributed by atoms with Crippen molar-refractivity contribution in [2.75, 3.05) is 19.6 Å². The fourth-order valence-corrected chi connectivity index (χ4v) is 2.11. The lowest BCUT2D eigenvalue weighted by molar-refractivity contribution is 0.206. The molecule has 3 heteroatoms. The van der Waals surface area contributed by atoms with Gasteiger partial charge in [-0.3, -0.25) is 0 Å². The molecule has 14 heavy (non-hydrogen) atoms. The van der Waals surface area contributed by atoms with E-state index in [1.807, 2.05) is 4.90 Å². The van der Waals surface area contributed by atoms with E-state index in [9.17, 15) is 4.79 Å². The van der Waals surface area contributed by atoms with Crippen LogP contribution in [0.3, 0.4) is 0 Å². The quantitative estimate of drug-likeness (QED) is 0.734. The van der Waals surface area contributed by atoms with Crippen LogP contribution in [0.5, 0.6) is 0 Å². The number of carbonyl (C=O) groups excluding carboxylic acids is 1. The third-order valence-electron chi connectivity index (χ3n) is 3.40. The van der Waals surface area contributed by atoms with Gasteiger partial charge in [0.15, 0.2) is 0 Å². The fraction of sp³-hybridized carbons (Fsp3) is 0.909. The summed E-state index contributed by atoms with van der Waals surface area (Å²) < 4.78 is 0. The second-order valence-electron chi connectivity index (χ2n) is 4.69. The number of rotatable bonds is 3. The second-order valence-corrected chi connectivity index (χ2v) is 4.69. The molecule has 2 amide bonds. The minimum atomic E-state index is 0.148. The van der Waals surface area contributed by atoms with Crippen molar-refractivity contribution in [3.8, 4) is 0 Å². The summed E-state index contributed by atoms with van der Waals surface area (Å²) in [6.07, 6.45) is 5.07. The molecule has 1 unspecified atom stereocenters. The third-order valence-corrected chi connectivity index (χ3v) is 3.40. The molecule has 0 bridgehead atoms. The summed E-state index contributed by atoms with van der Waals surface area (Å²) >= 11 is 0. The van der Waals surface area contributed by atoms with E-state index in [-0.39, 0.29) is 6.03 Å². The molecule has 0 aromatic carbocycles. The number of hydrogen-bond donors (Lipinski definition) is 1. The summed E-state index contributed by atoms with van der Waals surface area (Å²) in [5, 5.41) is 3.03. The summed E-state index contributed by atoms with van der Waals surface area (Å²) in [5.74, 6) is 1.55. The molecule has 3 nitrogen and oxygen atoms in total. The first kappa shape index (κ1) is 9.81. The molecule has 2 fully saturated rings. The van der Waals surface area contributed by atoms with E-state index in [1.54, 1.807) is 0 Å². The van der Waals surface area contributed by atoms with Crippen molar-refractivity contribution in [3.63, 3.8) is 0 Å². The van der Waals surface area contributed by atoms with Gasteiger partial charge in [0, 0.05) is 19.6 Å². The monoisotopic (exact) mass is 196 g/mol. The summed E-state index contributed by atoms with van der Waals surface area (Å²) in [6.45, 7) is 5.00. The Morgan fingerprint density at radius 1 is 1.43 bits per heavy atom. The van der Waals surface area contributed by atoms with Crippen molar-refractivity contribution in [1.29, 1.82) is 0 Å². The van der Waals surface area contributed by atoms with Crippen LogP contribution in [0.1, 0.15) is 32.6 Å². The minimum Gasteiger partial charge on any atom is -0.338 e. The lowest BCUT2D eigenvalue weighted by Crippen LogP contribution is -2.40. The first-order valence-electron chi connectivity index (χ1n) is 5.80. The van der Waals surface area contributed by atoms with E-state index >= 15 is 0 Å². The number of hydrogen-bond acceptors (Lipinski definition) is 1.